The predicted octanol–water partition coefficient (Wildman–Crippen LogP) is 3.59. The van der Waals surface area contributed by atoms with Gasteiger partial charge in [-0.2, -0.15) is 18.2 Å². The van der Waals surface area contributed by atoms with Crippen molar-refractivity contribution in [3.8, 4) is 11.4 Å². The lowest BCUT2D eigenvalue weighted by atomic mass is 10.1. The number of H-pyrrole nitrogens is 1. The zero-order chi connectivity index (χ0) is 22.3. The van der Waals surface area contributed by atoms with Gasteiger partial charge in [-0.1, -0.05) is 23.4 Å². The normalized spacial score (nSPS) is 14.8. The first-order chi connectivity index (χ1) is 15.4. The zero-order valence-corrected chi connectivity index (χ0v) is 16.6. The Balaban J connectivity index is 1.24. The number of pyridine rings is 1. The van der Waals surface area contributed by atoms with Crippen LogP contribution in [0.3, 0.4) is 0 Å². The third-order valence-electron chi connectivity index (χ3n) is 5.39. The Labute approximate surface area is 179 Å². The Morgan fingerprint density at radius 1 is 1.06 bits per heavy atom. The highest BCUT2D eigenvalue weighted by Gasteiger charge is 2.38. The Kier molecular flexibility index (Phi) is 4.80. The molecule has 1 fully saturated rings. The van der Waals surface area contributed by atoms with Crippen molar-refractivity contribution in [1.29, 1.82) is 0 Å². The molecule has 0 bridgehead atoms. The van der Waals surface area contributed by atoms with Crippen molar-refractivity contribution >= 4 is 22.6 Å². The number of piperazine rings is 1. The number of para-hydroxylation sites is 1. The lowest BCUT2D eigenvalue weighted by Crippen LogP contribution is -2.49. The van der Waals surface area contributed by atoms with E-state index in [1.54, 1.807) is 23.2 Å². The average Bonchev–Trinajstić information content (AvgIpc) is 3.47. The molecule has 0 aliphatic carbocycles. The number of alkyl halides is 3. The van der Waals surface area contributed by atoms with Crippen LogP contribution in [0.4, 0.5) is 19.0 Å². The SMILES string of the molecule is O=C(c1c[nH]c2ccccc12)N1CCN(c2ccc(-c3noc(C(F)(F)F)n3)cn2)CC1. The summed E-state index contributed by atoms with van der Waals surface area (Å²) in [6.07, 6.45) is -1.55. The van der Waals surface area contributed by atoms with E-state index in [0.29, 0.717) is 43.1 Å². The van der Waals surface area contributed by atoms with Gasteiger partial charge in [0.05, 0.1) is 5.56 Å². The maximum Gasteiger partial charge on any atom is 0.471 e. The quantitative estimate of drug-likeness (QED) is 0.522. The molecule has 0 radical (unpaired) electrons. The fraction of sp³-hybridized carbons (Fsp3) is 0.238. The first-order valence-electron chi connectivity index (χ1n) is 9.88. The van der Waals surface area contributed by atoms with Gasteiger partial charge in [-0.3, -0.25) is 4.79 Å². The predicted molar refractivity (Wildman–Crippen MR) is 109 cm³/mol. The highest BCUT2D eigenvalue weighted by atomic mass is 19.4. The smallest absolute Gasteiger partial charge is 0.360 e. The molecule has 32 heavy (non-hydrogen) atoms. The third kappa shape index (κ3) is 3.66. The van der Waals surface area contributed by atoms with Crippen LogP contribution in [0.1, 0.15) is 16.2 Å². The second kappa shape index (κ2) is 7.66. The molecule has 4 aromatic rings. The van der Waals surface area contributed by atoms with Gasteiger partial charge in [0.25, 0.3) is 5.91 Å². The first kappa shape index (κ1) is 20.0. The van der Waals surface area contributed by atoms with E-state index in [0.717, 1.165) is 10.9 Å². The average molecular weight is 442 g/mol. The van der Waals surface area contributed by atoms with E-state index >= 15 is 0 Å². The van der Waals surface area contributed by atoms with Gasteiger partial charge < -0.3 is 19.3 Å². The molecule has 0 saturated carbocycles. The molecule has 1 amide bonds. The largest absolute Gasteiger partial charge is 0.471 e. The molecule has 164 valence electrons. The van der Waals surface area contributed by atoms with Crippen LogP contribution >= 0.6 is 0 Å². The number of amides is 1. The summed E-state index contributed by atoms with van der Waals surface area (Å²) in [5, 5.41) is 4.26. The molecular weight excluding hydrogens is 425 g/mol. The second-order valence-corrected chi connectivity index (χ2v) is 7.35. The number of anilines is 1. The second-order valence-electron chi connectivity index (χ2n) is 7.35. The number of aromatic nitrogens is 4. The van der Waals surface area contributed by atoms with Crippen LogP contribution < -0.4 is 4.90 Å². The maximum atomic E-state index is 13.0. The summed E-state index contributed by atoms with van der Waals surface area (Å²) < 4.78 is 42.2. The number of nitrogens with zero attached hydrogens (tertiary/aromatic N) is 5. The van der Waals surface area contributed by atoms with Crippen molar-refractivity contribution in [1.82, 2.24) is 25.0 Å². The van der Waals surface area contributed by atoms with Gasteiger partial charge in [0.1, 0.15) is 5.82 Å². The number of hydrogen-bond donors (Lipinski definition) is 1. The van der Waals surface area contributed by atoms with Gasteiger partial charge in [-0.25, -0.2) is 4.98 Å². The summed E-state index contributed by atoms with van der Waals surface area (Å²) in [6, 6.07) is 10.9. The molecule has 4 heterocycles. The minimum Gasteiger partial charge on any atom is -0.360 e. The van der Waals surface area contributed by atoms with E-state index in [4.69, 9.17) is 0 Å². The number of halogens is 3. The summed E-state index contributed by atoms with van der Waals surface area (Å²) in [5.41, 5.74) is 1.89. The standard InChI is InChI=1S/C21H17F3N6O2/c22-21(23,24)20-27-18(28-32-20)13-5-6-17(26-11-13)29-7-9-30(10-8-29)19(31)15-12-25-16-4-2-1-3-14(15)16/h1-6,11-12,25H,7-10H2. The van der Waals surface area contributed by atoms with Crippen LogP contribution in [-0.2, 0) is 6.18 Å². The summed E-state index contributed by atoms with van der Waals surface area (Å²) >= 11 is 0. The topological polar surface area (TPSA) is 91.2 Å². The Bertz CT molecular complexity index is 1260. The van der Waals surface area contributed by atoms with Crippen LogP contribution in [0.2, 0.25) is 0 Å². The highest BCUT2D eigenvalue weighted by Crippen LogP contribution is 2.29. The summed E-state index contributed by atoms with van der Waals surface area (Å²) in [5.74, 6) is -0.937. The van der Waals surface area contributed by atoms with E-state index in [-0.39, 0.29) is 11.7 Å². The van der Waals surface area contributed by atoms with Gasteiger partial charge in [0.15, 0.2) is 0 Å². The van der Waals surface area contributed by atoms with Crippen LogP contribution in [-0.4, -0.2) is 57.1 Å². The summed E-state index contributed by atoms with van der Waals surface area (Å²) in [7, 11) is 0. The number of aromatic amines is 1. The number of nitrogens with one attached hydrogen (secondary N) is 1. The first-order valence-corrected chi connectivity index (χ1v) is 9.88. The van der Waals surface area contributed by atoms with Gasteiger partial charge in [0.2, 0.25) is 5.82 Å². The number of carbonyl (C=O) groups excluding carboxylic acids is 1. The monoisotopic (exact) mass is 442 g/mol. The lowest BCUT2D eigenvalue weighted by Gasteiger charge is -2.35. The minimum atomic E-state index is -4.69. The van der Waals surface area contributed by atoms with Gasteiger partial charge in [0, 0.05) is 55.0 Å². The molecular formula is C21H17F3N6O2. The van der Waals surface area contributed by atoms with Gasteiger partial charge in [-0.15, -0.1) is 0 Å². The van der Waals surface area contributed by atoms with Crippen molar-refractivity contribution in [3.63, 3.8) is 0 Å². The molecule has 1 aliphatic heterocycles. The van der Waals surface area contributed by atoms with Crippen molar-refractivity contribution in [2.24, 2.45) is 0 Å². The molecule has 0 unspecified atom stereocenters. The molecule has 1 saturated heterocycles. The van der Waals surface area contributed by atoms with Gasteiger partial charge in [-0.05, 0) is 18.2 Å². The number of rotatable bonds is 3. The Morgan fingerprint density at radius 3 is 2.53 bits per heavy atom. The number of fused-ring (bicyclic) bond motifs is 1. The molecule has 3 aromatic heterocycles. The maximum absolute atomic E-state index is 13.0. The van der Waals surface area contributed by atoms with Gasteiger partial charge >= 0.3 is 12.1 Å². The van der Waals surface area contributed by atoms with Crippen LogP contribution in [0.25, 0.3) is 22.3 Å². The fourth-order valence-electron chi connectivity index (χ4n) is 3.72. The number of benzene rings is 1. The Hall–Kier alpha value is -3.89. The van der Waals surface area contributed by atoms with Crippen molar-refractivity contribution in [3.05, 3.63) is 60.2 Å². The fourth-order valence-corrected chi connectivity index (χ4v) is 3.72. The van der Waals surface area contributed by atoms with Crippen molar-refractivity contribution < 1.29 is 22.5 Å². The molecule has 1 aliphatic rings. The zero-order valence-electron chi connectivity index (χ0n) is 16.6. The molecule has 1 aromatic carbocycles. The molecule has 0 atom stereocenters. The summed E-state index contributed by atoms with van der Waals surface area (Å²) in [4.78, 5) is 27.6. The number of hydrogen-bond acceptors (Lipinski definition) is 6. The minimum absolute atomic E-state index is 0.0250. The Morgan fingerprint density at radius 2 is 1.84 bits per heavy atom. The lowest BCUT2D eigenvalue weighted by molar-refractivity contribution is -0.159. The van der Waals surface area contributed by atoms with E-state index in [1.807, 2.05) is 29.2 Å². The van der Waals surface area contributed by atoms with Crippen LogP contribution in [0.5, 0.6) is 0 Å². The van der Waals surface area contributed by atoms with Crippen LogP contribution in [0, 0.1) is 0 Å². The summed E-state index contributed by atoms with van der Waals surface area (Å²) in [6.45, 7) is 2.23. The van der Waals surface area contributed by atoms with E-state index < -0.39 is 12.1 Å². The van der Waals surface area contributed by atoms with E-state index in [2.05, 4.69) is 24.6 Å². The highest BCUT2D eigenvalue weighted by molar-refractivity contribution is 6.06. The van der Waals surface area contributed by atoms with E-state index in [1.165, 1.54) is 6.20 Å². The van der Waals surface area contributed by atoms with Crippen LogP contribution in [0.15, 0.2) is 53.3 Å². The molecule has 1 N–H and O–H groups in total. The van der Waals surface area contributed by atoms with Crippen molar-refractivity contribution in [2.75, 3.05) is 31.1 Å². The molecule has 8 nitrogen and oxygen atoms in total. The number of carbonyl (C=O) groups is 1. The van der Waals surface area contributed by atoms with E-state index in [9.17, 15) is 18.0 Å². The molecule has 0 spiro atoms. The van der Waals surface area contributed by atoms with Crippen molar-refractivity contribution in [2.45, 2.75) is 6.18 Å². The molecule has 11 heteroatoms. The molecule has 5 rings (SSSR count). The third-order valence-corrected chi connectivity index (χ3v) is 5.39.